The van der Waals surface area contributed by atoms with E-state index < -0.39 is 0 Å². The fraction of sp³-hybridized carbons (Fsp3) is 0.200. The first-order chi connectivity index (χ1) is 9.22. The summed E-state index contributed by atoms with van der Waals surface area (Å²) in [5, 5.41) is 17.9. The molecule has 0 unspecified atom stereocenters. The second-order valence-electron chi connectivity index (χ2n) is 4.13. The van der Waals surface area contributed by atoms with Crippen LogP contribution >= 0.6 is 15.9 Å². The summed E-state index contributed by atoms with van der Waals surface area (Å²) in [5.74, 6) is 1.45. The van der Waals surface area contributed by atoms with Crippen molar-refractivity contribution < 1.29 is 14.9 Å². The lowest BCUT2D eigenvalue weighted by molar-refractivity contribution is 0.281. The van der Waals surface area contributed by atoms with Crippen LogP contribution in [-0.2, 0) is 13.0 Å². The Hall–Kier alpha value is -1.36. The fourth-order valence-electron chi connectivity index (χ4n) is 1.71. The van der Waals surface area contributed by atoms with Crippen LogP contribution in [0.15, 0.2) is 46.9 Å². The summed E-state index contributed by atoms with van der Waals surface area (Å²) in [4.78, 5) is 0. The minimum absolute atomic E-state index is 0.00325. The first kappa shape index (κ1) is 14.1. The molecule has 3 nitrogen and oxygen atoms in total. The van der Waals surface area contributed by atoms with E-state index in [1.54, 1.807) is 0 Å². The minimum Gasteiger partial charge on any atom is -0.457 e. The molecule has 100 valence electrons. The molecule has 2 aromatic carbocycles. The van der Waals surface area contributed by atoms with Crippen LogP contribution in [0, 0.1) is 0 Å². The highest BCUT2D eigenvalue weighted by atomic mass is 79.9. The molecule has 0 heterocycles. The maximum absolute atomic E-state index is 9.09. The van der Waals surface area contributed by atoms with Gasteiger partial charge < -0.3 is 14.9 Å². The molecule has 0 aliphatic carbocycles. The number of hydrogen-bond acceptors (Lipinski definition) is 3. The average molecular weight is 323 g/mol. The third-order valence-electron chi connectivity index (χ3n) is 2.75. The summed E-state index contributed by atoms with van der Waals surface area (Å²) in [6, 6.07) is 13.1. The summed E-state index contributed by atoms with van der Waals surface area (Å²) in [5.41, 5.74) is 1.90. The molecule has 2 N–H and O–H groups in total. The molecule has 0 atom stereocenters. The molecule has 0 saturated heterocycles. The SMILES string of the molecule is OCCc1ccc(Oc2ccc(CO)c(Br)c2)cc1. The van der Waals surface area contributed by atoms with Gasteiger partial charge in [-0.1, -0.05) is 34.1 Å². The summed E-state index contributed by atoms with van der Waals surface area (Å²) in [7, 11) is 0. The van der Waals surface area contributed by atoms with Crippen LogP contribution in [0.1, 0.15) is 11.1 Å². The Morgan fingerprint density at radius 2 is 1.63 bits per heavy atom. The second-order valence-corrected chi connectivity index (χ2v) is 4.99. The van der Waals surface area contributed by atoms with Crippen LogP contribution in [0.4, 0.5) is 0 Å². The van der Waals surface area contributed by atoms with E-state index in [0.717, 1.165) is 21.3 Å². The molecule has 0 bridgehead atoms. The maximum atomic E-state index is 9.09. The van der Waals surface area contributed by atoms with Crippen LogP contribution < -0.4 is 4.74 Å². The van der Waals surface area contributed by atoms with Gasteiger partial charge in [0, 0.05) is 11.1 Å². The smallest absolute Gasteiger partial charge is 0.128 e. The highest BCUT2D eigenvalue weighted by molar-refractivity contribution is 9.10. The molecular formula is C15H15BrO3. The van der Waals surface area contributed by atoms with Crippen molar-refractivity contribution in [1.29, 1.82) is 0 Å². The topological polar surface area (TPSA) is 49.7 Å². The van der Waals surface area contributed by atoms with E-state index in [1.165, 1.54) is 0 Å². The van der Waals surface area contributed by atoms with Gasteiger partial charge in [0.1, 0.15) is 11.5 Å². The Bertz CT molecular complexity index is 538. The molecular weight excluding hydrogens is 308 g/mol. The van der Waals surface area contributed by atoms with Gasteiger partial charge in [-0.25, -0.2) is 0 Å². The van der Waals surface area contributed by atoms with Gasteiger partial charge >= 0.3 is 0 Å². The predicted octanol–water partition coefficient (Wildman–Crippen LogP) is 3.27. The zero-order chi connectivity index (χ0) is 13.7. The average Bonchev–Trinajstić information content (AvgIpc) is 2.42. The maximum Gasteiger partial charge on any atom is 0.128 e. The zero-order valence-electron chi connectivity index (χ0n) is 10.3. The van der Waals surface area contributed by atoms with E-state index in [-0.39, 0.29) is 13.2 Å². The molecule has 2 rings (SSSR count). The lowest BCUT2D eigenvalue weighted by atomic mass is 10.1. The third-order valence-corrected chi connectivity index (χ3v) is 3.49. The highest BCUT2D eigenvalue weighted by Gasteiger charge is 2.03. The molecule has 0 saturated carbocycles. The second kappa shape index (κ2) is 6.70. The normalized spacial score (nSPS) is 10.5. The molecule has 0 aromatic heterocycles. The standard InChI is InChI=1S/C15H15BrO3/c16-15-9-14(6-3-12(15)10-18)19-13-4-1-11(2-5-13)7-8-17/h1-6,9,17-18H,7-8,10H2. The van der Waals surface area contributed by atoms with Crippen molar-refractivity contribution >= 4 is 15.9 Å². The largest absolute Gasteiger partial charge is 0.457 e. The number of aliphatic hydroxyl groups excluding tert-OH is 2. The molecule has 0 amide bonds. The van der Waals surface area contributed by atoms with Crippen molar-refractivity contribution in [2.45, 2.75) is 13.0 Å². The monoisotopic (exact) mass is 322 g/mol. The Morgan fingerprint density at radius 3 is 2.21 bits per heavy atom. The molecule has 4 heteroatoms. The van der Waals surface area contributed by atoms with Gasteiger partial charge in [0.2, 0.25) is 0 Å². The first-order valence-electron chi connectivity index (χ1n) is 6.00. The zero-order valence-corrected chi connectivity index (χ0v) is 11.9. The molecule has 0 fully saturated rings. The number of aliphatic hydroxyl groups is 2. The van der Waals surface area contributed by atoms with E-state index in [9.17, 15) is 0 Å². The van der Waals surface area contributed by atoms with Gasteiger partial charge in [0.15, 0.2) is 0 Å². The molecule has 0 aliphatic rings. The quantitative estimate of drug-likeness (QED) is 0.888. The number of benzene rings is 2. The van der Waals surface area contributed by atoms with Crippen LogP contribution in [0.2, 0.25) is 0 Å². The van der Waals surface area contributed by atoms with Crippen molar-refractivity contribution in [3.63, 3.8) is 0 Å². The Morgan fingerprint density at radius 1 is 0.947 bits per heavy atom. The molecule has 2 aromatic rings. The van der Waals surface area contributed by atoms with Gasteiger partial charge in [0.05, 0.1) is 6.61 Å². The molecule has 0 aliphatic heterocycles. The molecule has 19 heavy (non-hydrogen) atoms. The number of rotatable bonds is 5. The Labute approximate surface area is 120 Å². The Balaban J connectivity index is 2.10. The highest BCUT2D eigenvalue weighted by Crippen LogP contribution is 2.27. The van der Waals surface area contributed by atoms with E-state index in [2.05, 4.69) is 15.9 Å². The van der Waals surface area contributed by atoms with Crippen LogP contribution in [0.25, 0.3) is 0 Å². The van der Waals surface area contributed by atoms with Crippen molar-refractivity contribution in [3.05, 3.63) is 58.1 Å². The van der Waals surface area contributed by atoms with Crippen molar-refractivity contribution in [2.75, 3.05) is 6.61 Å². The number of ether oxygens (including phenoxy) is 1. The van der Waals surface area contributed by atoms with Crippen molar-refractivity contribution in [2.24, 2.45) is 0 Å². The van der Waals surface area contributed by atoms with Gasteiger partial charge in [-0.3, -0.25) is 0 Å². The lowest BCUT2D eigenvalue weighted by Gasteiger charge is -2.08. The Kier molecular flexibility index (Phi) is 4.96. The fourth-order valence-corrected chi connectivity index (χ4v) is 2.19. The molecule has 0 radical (unpaired) electrons. The van der Waals surface area contributed by atoms with Gasteiger partial charge in [-0.2, -0.15) is 0 Å². The van der Waals surface area contributed by atoms with Gasteiger partial charge in [-0.15, -0.1) is 0 Å². The first-order valence-corrected chi connectivity index (χ1v) is 6.79. The van der Waals surface area contributed by atoms with E-state index in [1.807, 2.05) is 42.5 Å². The van der Waals surface area contributed by atoms with Gasteiger partial charge in [0.25, 0.3) is 0 Å². The van der Waals surface area contributed by atoms with Crippen LogP contribution in [0.5, 0.6) is 11.5 Å². The predicted molar refractivity (Wildman–Crippen MR) is 77.4 cm³/mol. The van der Waals surface area contributed by atoms with Crippen molar-refractivity contribution in [1.82, 2.24) is 0 Å². The summed E-state index contributed by atoms with van der Waals surface area (Å²) in [6.07, 6.45) is 0.650. The third kappa shape index (κ3) is 3.80. The van der Waals surface area contributed by atoms with Crippen molar-refractivity contribution in [3.8, 4) is 11.5 Å². The van der Waals surface area contributed by atoms with Crippen LogP contribution in [-0.4, -0.2) is 16.8 Å². The van der Waals surface area contributed by atoms with E-state index in [0.29, 0.717) is 12.2 Å². The van der Waals surface area contributed by atoms with Gasteiger partial charge in [-0.05, 0) is 41.8 Å². The van der Waals surface area contributed by atoms with E-state index in [4.69, 9.17) is 14.9 Å². The number of halogens is 1. The lowest BCUT2D eigenvalue weighted by Crippen LogP contribution is -1.91. The van der Waals surface area contributed by atoms with Crippen LogP contribution in [0.3, 0.4) is 0 Å². The number of hydrogen-bond donors (Lipinski definition) is 2. The van der Waals surface area contributed by atoms with E-state index >= 15 is 0 Å². The summed E-state index contributed by atoms with van der Waals surface area (Å²) >= 11 is 3.39. The molecule has 0 spiro atoms. The summed E-state index contributed by atoms with van der Waals surface area (Å²) in [6.45, 7) is 0.145. The summed E-state index contributed by atoms with van der Waals surface area (Å²) < 4.78 is 6.54. The minimum atomic E-state index is -0.00325.